The Hall–Kier alpha value is -1.18. The number of aromatic nitrogens is 1. The van der Waals surface area contributed by atoms with Crippen molar-refractivity contribution in [2.45, 2.75) is 26.0 Å². The van der Waals surface area contributed by atoms with Gasteiger partial charge in [-0.2, -0.15) is 0 Å². The van der Waals surface area contributed by atoms with Gasteiger partial charge >= 0.3 is 0 Å². The quantitative estimate of drug-likeness (QED) is 0.857. The Balaban J connectivity index is 1.98. The van der Waals surface area contributed by atoms with E-state index < -0.39 is 0 Å². The van der Waals surface area contributed by atoms with Crippen LogP contribution < -0.4 is 5.32 Å². The van der Waals surface area contributed by atoms with Gasteiger partial charge < -0.3 is 15.3 Å². The number of hydrogen-bond donors (Lipinski definition) is 2. The van der Waals surface area contributed by atoms with Crippen molar-refractivity contribution < 1.29 is 9.90 Å². The third kappa shape index (κ3) is 3.47. The van der Waals surface area contributed by atoms with Crippen molar-refractivity contribution >= 4 is 22.4 Å². The molecule has 1 amide bonds. The van der Waals surface area contributed by atoms with E-state index in [1.54, 1.807) is 20.2 Å². The maximum absolute atomic E-state index is 12.5. The number of β-amino-alcohol motifs (C(OH)–C–C–N with tert-alkyl or cyclic N) is 1. The molecule has 20 heavy (non-hydrogen) atoms. The molecular formula is C13H22N4O2S. The van der Waals surface area contributed by atoms with Gasteiger partial charge in [0.1, 0.15) is 4.88 Å². The number of thiazole rings is 1. The minimum atomic E-state index is -0.330. The predicted octanol–water partition coefficient (Wildman–Crippen LogP) is 0.712. The summed E-state index contributed by atoms with van der Waals surface area (Å²) in [5.74, 6) is 0.0493. The van der Waals surface area contributed by atoms with Crippen molar-refractivity contribution in [1.82, 2.24) is 14.8 Å². The first-order valence-corrected chi connectivity index (χ1v) is 7.68. The average Bonchev–Trinajstić information content (AvgIpc) is 2.86. The van der Waals surface area contributed by atoms with Crippen LogP contribution in [-0.4, -0.2) is 71.2 Å². The van der Waals surface area contributed by atoms with Gasteiger partial charge in [-0.3, -0.25) is 9.69 Å². The molecule has 112 valence electrons. The van der Waals surface area contributed by atoms with Crippen molar-refractivity contribution in [2.24, 2.45) is 0 Å². The number of piperazine rings is 1. The SMILES string of the molecule is CNc1ncc(C(=O)N2CCN(CC(C)O)CC2C)s1. The van der Waals surface area contributed by atoms with E-state index >= 15 is 0 Å². The van der Waals surface area contributed by atoms with Gasteiger partial charge in [-0.25, -0.2) is 4.98 Å². The van der Waals surface area contributed by atoms with Gasteiger partial charge in [-0.1, -0.05) is 11.3 Å². The van der Waals surface area contributed by atoms with Crippen molar-refractivity contribution in [2.75, 3.05) is 38.5 Å². The molecule has 6 nitrogen and oxygen atoms in total. The molecule has 2 N–H and O–H groups in total. The lowest BCUT2D eigenvalue weighted by Gasteiger charge is -2.40. The van der Waals surface area contributed by atoms with Crippen LogP contribution in [0.15, 0.2) is 6.20 Å². The summed E-state index contributed by atoms with van der Waals surface area (Å²) >= 11 is 1.38. The van der Waals surface area contributed by atoms with Crippen LogP contribution in [0, 0.1) is 0 Å². The van der Waals surface area contributed by atoms with Gasteiger partial charge in [0.2, 0.25) is 0 Å². The number of hydrogen-bond acceptors (Lipinski definition) is 6. The smallest absolute Gasteiger partial charge is 0.265 e. The Kier molecular flexibility index (Phi) is 4.95. The summed E-state index contributed by atoms with van der Waals surface area (Å²) in [5.41, 5.74) is 0. The van der Waals surface area contributed by atoms with Crippen LogP contribution in [0.25, 0.3) is 0 Å². The average molecular weight is 298 g/mol. The molecule has 1 aromatic rings. The van der Waals surface area contributed by atoms with Gasteiger partial charge in [0.15, 0.2) is 5.13 Å². The van der Waals surface area contributed by atoms with Crippen molar-refractivity contribution in [3.05, 3.63) is 11.1 Å². The fraction of sp³-hybridized carbons (Fsp3) is 0.692. The highest BCUT2D eigenvalue weighted by molar-refractivity contribution is 7.17. The van der Waals surface area contributed by atoms with Crippen molar-refractivity contribution in [1.29, 1.82) is 0 Å². The lowest BCUT2D eigenvalue weighted by Crippen LogP contribution is -2.54. The third-order valence-electron chi connectivity index (χ3n) is 3.43. The first kappa shape index (κ1) is 15.2. The lowest BCUT2D eigenvalue weighted by atomic mass is 10.1. The molecule has 2 atom stereocenters. The number of aliphatic hydroxyl groups excluding tert-OH is 1. The Labute approximate surface area is 123 Å². The number of carbonyl (C=O) groups excluding carboxylic acids is 1. The molecule has 1 aliphatic heterocycles. The van der Waals surface area contributed by atoms with E-state index in [0.29, 0.717) is 18.0 Å². The van der Waals surface area contributed by atoms with Crippen LogP contribution in [0.2, 0.25) is 0 Å². The maximum atomic E-state index is 12.5. The molecule has 0 aliphatic carbocycles. The van der Waals surface area contributed by atoms with Gasteiger partial charge in [0.05, 0.1) is 12.3 Å². The zero-order valence-corrected chi connectivity index (χ0v) is 13.0. The normalized spacial score (nSPS) is 21.8. The summed E-state index contributed by atoms with van der Waals surface area (Å²) in [6.07, 6.45) is 1.30. The highest BCUT2D eigenvalue weighted by Gasteiger charge is 2.29. The molecule has 2 rings (SSSR count). The molecular weight excluding hydrogens is 276 g/mol. The summed E-state index contributed by atoms with van der Waals surface area (Å²) < 4.78 is 0. The van der Waals surface area contributed by atoms with Crippen LogP contribution in [0.4, 0.5) is 5.13 Å². The van der Waals surface area contributed by atoms with Crippen molar-refractivity contribution in [3.63, 3.8) is 0 Å². The Morgan fingerprint density at radius 1 is 1.65 bits per heavy atom. The fourth-order valence-electron chi connectivity index (χ4n) is 2.50. The summed E-state index contributed by atoms with van der Waals surface area (Å²) in [5, 5.41) is 13.1. The Morgan fingerprint density at radius 3 is 2.95 bits per heavy atom. The van der Waals surface area contributed by atoms with E-state index in [0.717, 1.165) is 18.2 Å². The summed E-state index contributed by atoms with van der Waals surface area (Å²) in [6.45, 7) is 6.80. The van der Waals surface area contributed by atoms with E-state index in [9.17, 15) is 9.90 Å². The maximum Gasteiger partial charge on any atom is 0.265 e. The van der Waals surface area contributed by atoms with Gasteiger partial charge in [0, 0.05) is 39.3 Å². The third-order valence-corrected chi connectivity index (χ3v) is 4.43. The van der Waals surface area contributed by atoms with Crippen LogP contribution in [0.3, 0.4) is 0 Å². The number of amides is 1. The first-order chi connectivity index (χ1) is 9.51. The first-order valence-electron chi connectivity index (χ1n) is 6.86. The summed E-state index contributed by atoms with van der Waals surface area (Å²) in [7, 11) is 1.80. The number of nitrogens with zero attached hydrogens (tertiary/aromatic N) is 3. The van der Waals surface area contributed by atoms with Gasteiger partial charge in [0.25, 0.3) is 5.91 Å². The van der Waals surface area contributed by atoms with Crippen LogP contribution >= 0.6 is 11.3 Å². The Morgan fingerprint density at radius 2 is 2.40 bits per heavy atom. The molecule has 0 bridgehead atoms. The number of nitrogens with one attached hydrogen (secondary N) is 1. The van der Waals surface area contributed by atoms with Crippen LogP contribution in [0.1, 0.15) is 23.5 Å². The van der Waals surface area contributed by atoms with Crippen LogP contribution in [0.5, 0.6) is 0 Å². The van der Waals surface area contributed by atoms with E-state index in [1.165, 1.54) is 11.3 Å². The van der Waals surface area contributed by atoms with E-state index in [1.807, 2.05) is 11.8 Å². The second-order valence-corrected chi connectivity index (χ2v) is 6.27. The number of anilines is 1. The fourth-order valence-corrected chi connectivity index (χ4v) is 3.23. The highest BCUT2D eigenvalue weighted by Crippen LogP contribution is 2.21. The summed E-state index contributed by atoms with van der Waals surface area (Å²) in [4.78, 5) is 21.4. The molecule has 7 heteroatoms. The molecule has 1 saturated heterocycles. The molecule has 2 unspecified atom stereocenters. The molecule has 0 saturated carbocycles. The second-order valence-electron chi connectivity index (χ2n) is 5.24. The Bertz CT molecular complexity index is 463. The van der Waals surface area contributed by atoms with Crippen molar-refractivity contribution in [3.8, 4) is 0 Å². The molecule has 1 aromatic heterocycles. The van der Waals surface area contributed by atoms with E-state index in [4.69, 9.17) is 0 Å². The predicted molar refractivity (Wildman–Crippen MR) is 80.3 cm³/mol. The molecule has 2 heterocycles. The number of carbonyl (C=O) groups is 1. The largest absolute Gasteiger partial charge is 0.392 e. The van der Waals surface area contributed by atoms with Gasteiger partial charge in [-0.15, -0.1) is 0 Å². The highest BCUT2D eigenvalue weighted by atomic mass is 32.1. The van der Waals surface area contributed by atoms with E-state index in [2.05, 4.69) is 15.2 Å². The molecule has 0 aromatic carbocycles. The second kappa shape index (κ2) is 6.51. The monoisotopic (exact) mass is 298 g/mol. The van der Waals surface area contributed by atoms with Crippen LogP contribution in [-0.2, 0) is 0 Å². The van der Waals surface area contributed by atoms with E-state index in [-0.39, 0.29) is 18.1 Å². The summed E-state index contributed by atoms with van der Waals surface area (Å²) in [6, 6.07) is 0.148. The minimum Gasteiger partial charge on any atom is -0.392 e. The number of aliphatic hydroxyl groups is 1. The topological polar surface area (TPSA) is 68.7 Å². The number of rotatable bonds is 4. The molecule has 0 radical (unpaired) electrons. The molecule has 0 spiro atoms. The molecule has 1 fully saturated rings. The zero-order chi connectivity index (χ0) is 14.7. The standard InChI is InChI=1S/C13H22N4O2S/c1-9-7-16(8-10(2)18)4-5-17(9)12(19)11-6-15-13(14-3)20-11/h6,9-10,18H,4-5,7-8H2,1-3H3,(H,14,15). The minimum absolute atomic E-state index is 0.0493. The lowest BCUT2D eigenvalue weighted by molar-refractivity contribution is 0.0386. The zero-order valence-electron chi connectivity index (χ0n) is 12.2. The molecule has 1 aliphatic rings. The van der Waals surface area contributed by atoms with Gasteiger partial charge in [-0.05, 0) is 13.8 Å².